The van der Waals surface area contributed by atoms with Gasteiger partial charge in [0.2, 0.25) is 5.95 Å². The van der Waals surface area contributed by atoms with Gasteiger partial charge in [-0.3, -0.25) is 4.79 Å². The molecule has 1 aliphatic carbocycles. The molecule has 2 heterocycles. The van der Waals surface area contributed by atoms with Gasteiger partial charge in [-0.15, -0.1) is 0 Å². The van der Waals surface area contributed by atoms with Gasteiger partial charge in [0.25, 0.3) is 5.91 Å². The quantitative estimate of drug-likeness (QED) is 0.451. The molecule has 9 heteroatoms. The van der Waals surface area contributed by atoms with Crippen LogP contribution in [0, 0.1) is 5.92 Å². The number of nitrogens with two attached hydrogens (primary N) is 2. The van der Waals surface area contributed by atoms with Gasteiger partial charge in [-0.25, -0.2) is 9.67 Å². The molecule has 1 atom stereocenters. The van der Waals surface area contributed by atoms with E-state index in [0.717, 1.165) is 24.2 Å². The topological polar surface area (TPSA) is 137 Å². The standard InChI is InChI=1S/C21H26N8O/c1-13(2)17(21(23)7-8-21)27-20-24-12-16(18(22)30)19(28-20)26-14-5-3-6-15(11-14)29-10-4-9-25-29/h3-6,9-13,17H,7-8,23H2,1-2H3,(H2,22,30)(H2,24,26,27,28)/t17-/m1/s1. The highest BCUT2D eigenvalue weighted by Gasteiger charge is 2.47. The molecule has 30 heavy (non-hydrogen) atoms. The summed E-state index contributed by atoms with van der Waals surface area (Å²) >= 11 is 0. The van der Waals surface area contributed by atoms with Gasteiger partial charge < -0.3 is 22.1 Å². The van der Waals surface area contributed by atoms with Gasteiger partial charge in [-0.05, 0) is 43.0 Å². The minimum absolute atomic E-state index is 0.0351. The van der Waals surface area contributed by atoms with Gasteiger partial charge >= 0.3 is 0 Å². The summed E-state index contributed by atoms with van der Waals surface area (Å²) in [4.78, 5) is 20.7. The number of hydrogen-bond donors (Lipinski definition) is 4. The van der Waals surface area contributed by atoms with Crippen LogP contribution in [0.15, 0.2) is 48.9 Å². The van der Waals surface area contributed by atoms with Gasteiger partial charge in [0.1, 0.15) is 11.4 Å². The summed E-state index contributed by atoms with van der Waals surface area (Å²) in [5.41, 5.74) is 13.5. The van der Waals surface area contributed by atoms with Crippen LogP contribution < -0.4 is 22.1 Å². The fourth-order valence-corrected chi connectivity index (χ4v) is 3.58. The minimum Gasteiger partial charge on any atom is -0.365 e. The van der Waals surface area contributed by atoms with Gasteiger partial charge in [-0.2, -0.15) is 10.1 Å². The van der Waals surface area contributed by atoms with Crippen LogP contribution in [0.4, 0.5) is 17.5 Å². The zero-order valence-corrected chi connectivity index (χ0v) is 17.0. The molecule has 1 saturated carbocycles. The molecule has 1 aliphatic rings. The Labute approximate surface area is 174 Å². The number of hydrogen-bond acceptors (Lipinski definition) is 7. The number of nitrogens with one attached hydrogen (secondary N) is 2. The zero-order chi connectivity index (χ0) is 21.3. The van der Waals surface area contributed by atoms with Crippen molar-refractivity contribution >= 4 is 23.4 Å². The molecule has 0 radical (unpaired) electrons. The van der Waals surface area contributed by atoms with Crippen molar-refractivity contribution in [2.75, 3.05) is 10.6 Å². The molecular weight excluding hydrogens is 380 g/mol. The molecule has 9 nitrogen and oxygen atoms in total. The molecule has 0 spiro atoms. The van der Waals surface area contributed by atoms with Crippen LogP contribution >= 0.6 is 0 Å². The molecule has 6 N–H and O–H groups in total. The molecule has 1 aromatic carbocycles. The van der Waals surface area contributed by atoms with Crippen molar-refractivity contribution < 1.29 is 4.79 Å². The van der Waals surface area contributed by atoms with Gasteiger partial charge in [0.05, 0.1) is 5.69 Å². The van der Waals surface area contributed by atoms with Crippen LogP contribution in [0.25, 0.3) is 5.69 Å². The number of aromatic nitrogens is 4. The van der Waals surface area contributed by atoms with Gasteiger partial charge in [0, 0.05) is 35.9 Å². The van der Waals surface area contributed by atoms with Crippen molar-refractivity contribution in [1.29, 1.82) is 0 Å². The Morgan fingerprint density at radius 1 is 1.27 bits per heavy atom. The lowest BCUT2D eigenvalue weighted by Crippen LogP contribution is -2.46. The summed E-state index contributed by atoms with van der Waals surface area (Å²) < 4.78 is 1.75. The smallest absolute Gasteiger partial charge is 0.254 e. The maximum Gasteiger partial charge on any atom is 0.254 e. The first-order valence-corrected chi connectivity index (χ1v) is 9.95. The number of anilines is 3. The molecule has 2 aromatic heterocycles. The van der Waals surface area contributed by atoms with E-state index >= 15 is 0 Å². The van der Waals surface area contributed by atoms with Crippen LogP contribution in [0.5, 0.6) is 0 Å². The average Bonchev–Trinajstić information content (AvgIpc) is 3.22. The fraction of sp³-hybridized carbons (Fsp3) is 0.333. The largest absolute Gasteiger partial charge is 0.365 e. The molecule has 0 saturated heterocycles. The lowest BCUT2D eigenvalue weighted by molar-refractivity contribution is 0.100. The molecule has 3 aromatic rings. The third kappa shape index (κ3) is 4.11. The summed E-state index contributed by atoms with van der Waals surface area (Å²) in [5.74, 6) is 0.437. The second kappa shape index (κ2) is 7.75. The molecule has 4 rings (SSSR count). The SMILES string of the molecule is CC(C)[C@@H](Nc1ncc(C(N)=O)c(Nc2cccc(-n3cccn3)c2)n1)C1(N)CC1. The van der Waals surface area contributed by atoms with Crippen LogP contribution in [0.2, 0.25) is 0 Å². The first-order chi connectivity index (χ1) is 14.4. The van der Waals surface area contributed by atoms with Gasteiger partial charge in [0.15, 0.2) is 0 Å². The third-order valence-electron chi connectivity index (χ3n) is 5.33. The van der Waals surface area contributed by atoms with Crippen molar-refractivity contribution in [3.63, 3.8) is 0 Å². The van der Waals surface area contributed by atoms with Crippen LogP contribution in [-0.4, -0.2) is 37.2 Å². The molecule has 1 amide bonds. The number of carbonyl (C=O) groups excluding carboxylic acids is 1. The predicted octanol–water partition coefficient (Wildman–Crippen LogP) is 2.43. The molecule has 156 valence electrons. The molecular formula is C21H26N8O. The first kappa shape index (κ1) is 19.8. The van der Waals surface area contributed by atoms with E-state index in [2.05, 4.69) is 39.5 Å². The second-order valence-electron chi connectivity index (χ2n) is 8.05. The average molecular weight is 406 g/mol. The monoisotopic (exact) mass is 406 g/mol. The van der Waals surface area contributed by atoms with E-state index in [4.69, 9.17) is 11.5 Å². The van der Waals surface area contributed by atoms with Crippen LogP contribution in [-0.2, 0) is 0 Å². The number of nitrogens with zero attached hydrogens (tertiary/aromatic N) is 4. The molecule has 1 fully saturated rings. The molecule has 0 unspecified atom stereocenters. The Kier molecular flexibility index (Phi) is 5.13. The lowest BCUT2D eigenvalue weighted by atomic mass is 9.95. The Morgan fingerprint density at radius 2 is 2.07 bits per heavy atom. The Hall–Kier alpha value is -3.46. The summed E-state index contributed by atoms with van der Waals surface area (Å²) in [5, 5.41) is 10.8. The van der Waals surface area contributed by atoms with E-state index in [9.17, 15) is 4.79 Å². The van der Waals surface area contributed by atoms with E-state index in [-0.39, 0.29) is 17.1 Å². The molecule has 0 bridgehead atoms. The van der Waals surface area contributed by atoms with E-state index < -0.39 is 5.91 Å². The van der Waals surface area contributed by atoms with Crippen LogP contribution in [0.3, 0.4) is 0 Å². The second-order valence-corrected chi connectivity index (χ2v) is 8.05. The highest BCUT2D eigenvalue weighted by Crippen LogP contribution is 2.39. The van der Waals surface area contributed by atoms with Crippen molar-refractivity contribution in [2.45, 2.75) is 38.3 Å². The minimum atomic E-state index is -0.606. The summed E-state index contributed by atoms with van der Waals surface area (Å²) in [7, 11) is 0. The van der Waals surface area contributed by atoms with E-state index in [1.54, 1.807) is 10.9 Å². The summed E-state index contributed by atoms with van der Waals surface area (Å²) in [6.45, 7) is 4.23. The van der Waals surface area contributed by atoms with E-state index in [1.807, 2.05) is 36.5 Å². The van der Waals surface area contributed by atoms with Crippen molar-refractivity contribution in [1.82, 2.24) is 19.7 Å². The highest BCUT2D eigenvalue weighted by molar-refractivity contribution is 5.98. The number of carbonyl (C=O) groups is 1. The number of rotatable bonds is 8. The lowest BCUT2D eigenvalue weighted by Gasteiger charge is -2.28. The Morgan fingerprint density at radius 3 is 2.70 bits per heavy atom. The fourth-order valence-electron chi connectivity index (χ4n) is 3.58. The van der Waals surface area contributed by atoms with E-state index in [0.29, 0.717) is 17.7 Å². The van der Waals surface area contributed by atoms with Gasteiger partial charge in [-0.1, -0.05) is 19.9 Å². The maximum absolute atomic E-state index is 11.9. The number of benzene rings is 1. The van der Waals surface area contributed by atoms with Crippen LogP contribution in [0.1, 0.15) is 37.0 Å². The Balaban J connectivity index is 1.62. The van der Waals surface area contributed by atoms with Crippen molar-refractivity contribution in [3.05, 3.63) is 54.5 Å². The normalized spacial score (nSPS) is 15.6. The number of amides is 1. The maximum atomic E-state index is 11.9. The third-order valence-corrected chi connectivity index (χ3v) is 5.33. The first-order valence-electron chi connectivity index (χ1n) is 9.95. The Bertz CT molecular complexity index is 1040. The predicted molar refractivity (Wildman–Crippen MR) is 116 cm³/mol. The molecule has 0 aliphatic heterocycles. The van der Waals surface area contributed by atoms with E-state index in [1.165, 1.54) is 6.20 Å². The number of primary amides is 1. The zero-order valence-electron chi connectivity index (χ0n) is 17.0. The summed E-state index contributed by atoms with van der Waals surface area (Å²) in [6.07, 6.45) is 6.93. The summed E-state index contributed by atoms with van der Waals surface area (Å²) in [6, 6.07) is 9.50. The van der Waals surface area contributed by atoms with Crippen molar-refractivity contribution in [3.8, 4) is 5.69 Å². The van der Waals surface area contributed by atoms with Crippen molar-refractivity contribution in [2.24, 2.45) is 17.4 Å². The highest BCUT2D eigenvalue weighted by atomic mass is 16.1.